The van der Waals surface area contributed by atoms with Crippen molar-refractivity contribution in [2.24, 2.45) is 5.73 Å². The maximum Gasteiger partial charge on any atom is 0.240 e. The number of unbranched alkanes of at least 4 members (excludes halogenated alkanes) is 1. The Morgan fingerprint density at radius 2 is 2.24 bits per heavy atom. The lowest BCUT2D eigenvalue weighted by atomic mass is 10.1. The van der Waals surface area contributed by atoms with Crippen LogP contribution >= 0.6 is 11.3 Å². The molecule has 5 heteroatoms. The Bertz CT molecular complexity index is 486. The van der Waals surface area contributed by atoms with Crippen molar-refractivity contribution in [1.82, 2.24) is 4.90 Å². The third kappa shape index (κ3) is 4.72. The van der Waals surface area contributed by atoms with E-state index in [2.05, 4.69) is 6.92 Å². The van der Waals surface area contributed by atoms with Crippen molar-refractivity contribution in [3.8, 4) is 0 Å². The maximum atomic E-state index is 12.6. The van der Waals surface area contributed by atoms with Gasteiger partial charge in [0.1, 0.15) is 5.76 Å². The van der Waals surface area contributed by atoms with Gasteiger partial charge in [-0.25, -0.2) is 0 Å². The summed E-state index contributed by atoms with van der Waals surface area (Å²) in [6, 6.07) is 7.31. The van der Waals surface area contributed by atoms with Crippen LogP contribution in [0, 0.1) is 0 Å². The highest BCUT2D eigenvalue weighted by Gasteiger charge is 2.22. The van der Waals surface area contributed by atoms with Gasteiger partial charge in [-0.2, -0.15) is 0 Å². The van der Waals surface area contributed by atoms with E-state index in [0.29, 0.717) is 13.1 Å². The van der Waals surface area contributed by atoms with Gasteiger partial charge in [-0.15, -0.1) is 11.3 Å². The molecule has 2 N–H and O–H groups in total. The topological polar surface area (TPSA) is 59.5 Å². The Morgan fingerprint density at radius 1 is 1.38 bits per heavy atom. The molecule has 0 aromatic carbocycles. The first-order valence-electron chi connectivity index (χ1n) is 7.29. The minimum absolute atomic E-state index is 0.00625. The maximum absolute atomic E-state index is 12.6. The van der Waals surface area contributed by atoms with E-state index >= 15 is 0 Å². The van der Waals surface area contributed by atoms with Gasteiger partial charge in [0.2, 0.25) is 5.91 Å². The van der Waals surface area contributed by atoms with Crippen LogP contribution < -0.4 is 5.73 Å². The molecule has 21 heavy (non-hydrogen) atoms. The molecule has 1 amide bonds. The Hall–Kier alpha value is -1.59. The van der Waals surface area contributed by atoms with Gasteiger partial charge >= 0.3 is 0 Å². The van der Waals surface area contributed by atoms with Crippen LogP contribution in [0.5, 0.6) is 0 Å². The number of hydrogen-bond acceptors (Lipinski definition) is 4. The number of thiophene rings is 1. The lowest BCUT2D eigenvalue weighted by Crippen LogP contribution is -2.42. The molecule has 0 aliphatic heterocycles. The molecule has 2 rings (SSSR count). The lowest BCUT2D eigenvalue weighted by Gasteiger charge is -2.24. The van der Waals surface area contributed by atoms with Crippen LogP contribution in [0.3, 0.4) is 0 Å². The minimum atomic E-state index is -0.431. The quantitative estimate of drug-likeness (QED) is 0.813. The van der Waals surface area contributed by atoms with E-state index in [1.54, 1.807) is 22.5 Å². The summed E-state index contributed by atoms with van der Waals surface area (Å²) in [5.74, 6) is 0.774. The Morgan fingerprint density at radius 3 is 2.86 bits per heavy atom. The summed E-state index contributed by atoms with van der Waals surface area (Å²) in [5, 5.41) is 2.02. The van der Waals surface area contributed by atoms with Crippen molar-refractivity contribution in [3.05, 3.63) is 46.5 Å². The molecule has 0 saturated carbocycles. The zero-order chi connectivity index (χ0) is 15.1. The van der Waals surface area contributed by atoms with Gasteiger partial charge in [-0.05, 0) is 30.0 Å². The van der Waals surface area contributed by atoms with Crippen molar-refractivity contribution >= 4 is 17.2 Å². The first-order valence-corrected chi connectivity index (χ1v) is 8.17. The number of nitrogens with zero attached hydrogens (tertiary/aromatic N) is 1. The predicted octanol–water partition coefficient (Wildman–Crippen LogP) is 3.39. The summed E-state index contributed by atoms with van der Waals surface area (Å²) >= 11 is 1.65. The standard InChI is InChI=1S/C16H22N2O2S/c1-2-3-8-15(17)16(19)18(11-13-6-4-9-20-13)12-14-7-5-10-21-14/h4-7,9-10,15H,2-3,8,11-12,17H2,1H3/t15-/m0/s1. The number of carbonyl (C=O) groups excluding carboxylic acids is 1. The largest absolute Gasteiger partial charge is 0.467 e. The zero-order valence-corrected chi connectivity index (χ0v) is 13.1. The van der Waals surface area contributed by atoms with Crippen LogP contribution in [-0.2, 0) is 17.9 Å². The van der Waals surface area contributed by atoms with Gasteiger partial charge in [0.25, 0.3) is 0 Å². The molecule has 2 aromatic heterocycles. The van der Waals surface area contributed by atoms with Gasteiger partial charge in [0.05, 0.1) is 25.4 Å². The second-order valence-electron chi connectivity index (χ2n) is 5.10. The number of rotatable bonds is 8. The first-order chi connectivity index (χ1) is 10.2. The van der Waals surface area contributed by atoms with Crippen LogP contribution in [0.1, 0.15) is 36.8 Å². The smallest absolute Gasteiger partial charge is 0.240 e. The second-order valence-corrected chi connectivity index (χ2v) is 6.13. The van der Waals surface area contributed by atoms with Crippen molar-refractivity contribution in [3.63, 3.8) is 0 Å². The number of carbonyl (C=O) groups is 1. The highest BCUT2D eigenvalue weighted by molar-refractivity contribution is 7.09. The average Bonchev–Trinajstić information content (AvgIpc) is 3.16. The zero-order valence-electron chi connectivity index (χ0n) is 12.3. The van der Waals surface area contributed by atoms with Crippen LogP contribution in [0.2, 0.25) is 0 Å². The molecule has 114 valence electrons. The Labute approximate surface area is 129 Å². The van der Waals surface area contributed by atoms with Crippen LogP contribution in [-0.4, -0.2) is 16.8 Å². The fraction of sp³-hybridized carbons (Fsp3) is 0.438. The highest BCUT2D eigenvalue weighted by Crippen LogP contribution is 2.16. The minimum Gasteiger partial charge on any atom is -0.467 e. The molecule has 0 aliphatic carbocycles. The molecule has 0 radical (unpaired) electrons. The molecule has 2 aromatic rings. The van der Waals surface area contributed by atoms with E-state index in [9.17, 15) is 4.79 Å². The van der Waals surface area contributed by atoms with E-state index in [0.717, 1.165) is 29.9 Å². The molecule has 0 saturated heterocycles. The lowest BCUT2D eigenvalue weighted by molar-refractivity contribution is -0.134. The predicted molar refractivity (Wildman–Crippen MR) is 84.8 cm³/mol. The van der Waals surface area contributed by atoms with E-state index in [-0.39, 0.29) is 5.91 Å². The molecule has 0 spiro atoms. The van der Waals surface area contributed by atoms with Crippen molar-refractivity contribution in [1.29, 1.82) is 0 Å². The van der Waals surface area contributed by atoms with Crippen LogP contribution in [0.15, 0.2) is 40.3 Å². The van der Waals surface area contributed by atoms with Gasteiger partial charge in [0, 0.05) is 4.88 Å². The van der Waals surface area contributed by atoms with Gasteiger partial charge in [-0.1, -0.05) is 25.8 Å². The van der Waals surface area contributed by atoms with Gasteiger partial charge in [0.15, 0.2) is 0 Å². The normalized spacial score (nSPS) is 12.3. The summed E-state index contributed by atoms with van der Waals surface area (Å²) in [7, 11) is 0. The number of furan rings is 1. The highest BCUT2D eigenvalue weighted by atomic mass is 32.1. The van der Waals surface area contributed by atoms with E-state index < -0.39 is 6.04 Å². The molecule has 0 aliphatic rings. The van der Waals surface area contributed by atoms with Crippen molar-refractivity contribution < 1.29 is 9.21 Å². The van der Waals surface area contributed by atoms with Gasteiger partial charge in [-0.3, -0.25) is 4.79 Å². The monoisotopic (exact) mass is 306 g/mol. The summed E-state index contributed by atoms with van der Waals surface area (Å²) in [4.78, 5) is 15.5. The van der Waals surface area contributed by atoms with Crippen LogP contribution in [0.4, 0.5) is 0 Å². The number of amides is 1. The molecule has 2 heterocycles. The van der Waals surface area contributed by atoms with E-state index in [1.165, 1.54) is 0 Å². The van der Waals surface area contributed by atoms with Gasteiger partial charge < -0.3 is 15.1 Å². The first kappa shape index (κ1) is 15.8. The van der Waals surface area contributed by atoms with E-state index in [4.69, 9.17) is 10.2 Å². The summed E-state index contributed by atoms with van der Waals surface area (Å²) in [6.45, 7) is 3.14. The van der Waals surface area contributed by atoms with E-state index in [1.807, 2.05) is 29.6 Å². The Balaban J connectivity index is 2.04. The number of nitrogens with two attached hydrogens (primary N) is 1. The van der Waals surface area contributed by atoms with Crippen LogP contribution in [0.25, 0.3) is 0 Å². The number of hydrogen-bond donors (Lipinski definition) is 1. The average molecular weight is 306 g/mol. The molecule has 0 bridgehead atoms. The Kier molecular flexibility index (Phi) is 6.02. The fourth-order valence-corrected chi connectivity index (χ4v) is 2.89. The molecule has 1 atom stereocenters. The SMILES string of the molecule is CCCC[C@H](N)C(=O)N(Cc1ccco1)Cc1cccs1. The summed E-state index contributed by atoms with van der Waals surface area (Å²) < 4.78 is 5.36. The fourth-order valence-electron chi connectivity index (χ4n) is 2.18. The molecular formula is C16H22N2O2S. The summed E-state index contributed by atoms with van der Waals surface area (Å²) in [6.07, 6.45) is 4.37. The summed E-state index contributed by atoms with van der Waals surface area (Å²) in [5.41, 5.74) is 6.04. The third-order valence-electron chi connectivity index (χ3n) is 3.35. The second kappa shape index (κ2) is 8.00. The van der Waals surface area contributed by atoms with Crippen molar-refractivity contribution in [2.75, 3.05) is 0 Å². The molecule has 4 nitrogen and oxygen atoms in total. The van der Waals surface area contributed by atoms with Crippen molar-refractivity contribution in [2.45, 2.75) is 45.3 Å². The molecular weight excluding hydrogens is 284 g/mol. The third-order valence-corrected chi connectivity index (χ3v) is 4.21. The molecule has 0 fully saturated rings. The molecule has 0 unspecified atom stereocenters.